The number of hydrogen-bond donors (Lipinski definition) is 1. The minimum Gasteiger partial charge on any atom is -0.380 e. The van der Waals surface area contributed by atoms with Crippen molar-refractivity contribution < 1.29 is 14.7 Å². The van der Waals surface area contributed by atoms with Crippen molar-refractivity contribution in [1.82, 2.24) is 14.8 Å². The molecule has 0 radical (unpaired) electrons. The normalized spacial score (nSPS) is 18.0. The molecule has 6 heteroatoms. The van der Waals surface area contributed by atoms with Crippen LogP contribution in [0.15, 0.2) is 60.8 Å². The summed E-state index contributed by atoms with van der Waals surface area (Å²) in [4.78, 5) is 33.2. The van der Waals surface area contributed by atoms with E-state index in [-0.39, 0.29) is 11.8 Å². The van der Waals surface area contributed by atoms with Crippen LogP contribution in [0, 0.1) is 0 Å². The van der Waals surface area contributed by atoms with E-state index >= 15 is 0 Å². The summed E-state index contributed by atoms with van der Waals surface area (Å²) in [5, 5.41) is 11.4. The number of carbonyl (C=O) groups is 2. The maximum absolute atomic E-state index is 12.9. The summed E-state index contributed by atoms with van der Waals surface area (Å²) < 4.78 is 0. The van der Waals surface area contributed by atoms with Crippen LogP contribution in [0.3, 0.4) is 0 Å². The van der Waals surface area contributed by atoms with Crippen molar-refractivity contribution in [1.29, 1.82) is 0 Å². The lowest BCUT2D eigenvalue weighted by atomic mass is 9.79. The van der Waals surface area contributed by atoms with E-state index in [2.05, 4.69) is 11.1 Å². The molecule has 31 heavy (non-hydrogen) atoms. The highest BCUT2D eigenvalue weighted by molar-refractivity contribution is 5.95. The van der Waals surface area contributed by atoms with E-state index in [1.165, 1.54) is 0 Å². The SMILES string of the molecule is O=C(c1ccc(-c2ccc3ncccc3c2)cc1)N1CCN(C(=O)C2(O)CCC2)CC1. The smallest absolute Gasteiger partial charge is 0.254 e. The molecule has 1 saturated carbocycles. The lowest BCUT2D eigenvalue weighted by Gasteiger charge is -2.42. The van der Waals surface area contributed by atoms with E-state index < -0.39 is 5.60 Å². The number of hydrogen-bond acceptors (Lipinski definition) is 4. The Morgan fingerprint density at radius 1 is 0.871 bits per heavy atom. The summed E-state index contributed by atoms with van der Waals surface area (Å²) in [7, 11) is 0. The summed E-state index contributed by atoms with van der Waals surface area (Å²) >= 11 is 0. The highest BCUT2D eigenvalue weighted by Crippen LogP contribution is 2.33. The first-order chi connectivity index (χ1) is 15.0. The summed E-state index contributed by atoms with van der Waals surface area (Å²) in [6.45, 7) is 1.91. The molecule has 1 aliphatic heterocycles. The van der Waals surface area contributed by atoms with Crippen LogP contribution < -0.4 is 0 Å². The third kappa shape index (κ3) is 3.68. The number of piperazine rings is 1. The van der Waals surface area contributed by atoms with E-state index in [1.54, 1.807) is 16.0 Å². The van der Waals surface area contributed by atoms with Crippen molar-refractivity contribution in [2.75, 3.05) is 26.2 Å². The molecule has 0 atom stereocenters. The van der Waals surface area contributed by atoms with E-state index in [4.69, 9.17) is 0 Å². The van der Waals surface area contributed by atoms with Gasteiger partial charge in [-0.2, -0.15) is 0 Å². The van der Waals surface area contributed by atoms with Gasteiger partial charge in [0, 0.05) is 43.3 Å². The zero-order valence-electron chi connectivity index (χ0n) is 17.3. The van der Waals surface area contributed by atoms with E-state index in [9.17, 15) is 14.7 Å². The van der Waals surface area contributed by atoms with Gasteiger partial charge in [0.1, 0.15) is 5.60 Å². The molecule has 2 heterocycles. The minimum absolute atomic E-state index is 0.0243. The number of pyridine rings is 1. The van der Waals surface area contributed by atoms with Crippen molar-refractivity contribution in [3.63, 3.8) is 0 Å². The second-order valence-electron chi connectivity index (χ2n) is 8.46. The van der Waals surface area contributed by atoms with E-state index in [1.807, 2.05) is 48.5 Å². The Morgan fingerprint density at radius 3 is 2.23 bits per heavy atom. The number of rotatable bonds is 3. The highest BCUT2D eigenvalue weighted by atomic mass is 16.3. The quantitative estimate of drug-likeness (QED) is 0.713. The van der Waals surface area contributed by atoms with Crippen LogP contribution in [0.5, 0.6) is 0 Å². The van der Waals surface area contributed by atoms with Crippen molar-refractivity contribution in [3.05, 3.63) is 66.4 Å². The number of benzene rings is 2. The summed E-state index contributed by atoms with van der Waals surface area (Å²) in [6.07, 6.45) is 3.77. The summed E-state index contributed by atoms with van der Waals surface area (Å²) in [5.41, 5.74) is 2.57. The first kappa shape index (κ1) is 19.7. The molecule has 2 amide bonds. The van der Waals surface area contributed by atoms with Gasteiger partial charge in [-0.25, -0.2) is 0 Å². The first-order valence-electron chi connectivity index (χ1n) is 10.8. The topological polar surface area (TPSA) is 73.7 Å². The molecule has 5 rings (SSSR count). The third-order valence-corrected chi connectivity index (χ3v) is 6.50. The Morgan fingerprint density at radius 2 is 1.55 bits per heavy atom. The molecule has 1 aliphatic carbocycles. The third-order valence-electron chi connectivity index (χ3n) is 6.50. The number of aliphatic hydroxyl groups is 1. The lowest BCUT2D eigenvalue weighted by Crippen LogP contribution is -2.58. The molecule has 0 spiro atoms. The molecule has 0 unspecified atom stereocenters. The standard InChI is InChI=1S/C25H25N3O3/c29-23(27-13-15-28(16-14-27)24(30)25(31)10-2-11-25)19-6-4-18(5-7-19)20-8-9-22-21(17-20)3-1-12-26-22/h1,3-9,12,17,31H,2,10-11,13-16H2. The van der Waals surface area contributed by atoms with Crippen LogP contribution in [0.2, 0.25) is 0 Å². The molecule has 2 aromatic carbocycles. The van der Waals surface area contributed by atoms with Crippen LogP contribution in [0.25, 0.3) is 22.0 Å². The zero-order chi connectivity index (χ0) is 21.4. The van der Waals surface area contributed by atoms with Gasteiger partial charge in [-0.3, -0.25) is 14.6 Å². The van der Waals surface area contributed by atoms with Gasteiger partial charge in [0.05, 0.1) is 5.52 Å². The Labute approximate surface area is 181 Å². The fourth-order valence-corrected chi connectivity index (χ4v) is 4.38. The zero-order valence-corrected chi connectivity index (χ0v) is 17.3. The van der Waals surface area contributed by atoms with Gasteiger partial charge in [0.25, 0.3) is 11.8 Å². The van der Waals surface area contributed by atoms with Gasteiger partial charge in [0.2, 0.25) is 0 Å². The molecule has 3 aromatic rings. The molecular weight excluding hydrogens is 390 g/mol. The molecule has 158 valence electrons. The number of aromatic nitrogens is 1. The Kier molecular flexibility index (Phi) is 4.94. The van der Waals surface area contributed by atoms with Gasteiger partial charge in [-0.05, 0) is 60.7 Å². The molecule has 1 N–H and O–H groups in total. The molecule has 1 saturated heterocycles. The van der Waals surface area contributed by atoms with Crippen molar-refractivity contribution >= 4 is 22.7 Å². The largest absolute Gasteiger partial charge is 0.380 e. The van der Waals surface area contributed by atoms with E-state index in [0.717, 1.165) is 28.5 Å². The Balaban J connectivity index is 1.24. The Hall–Kier alpha value is -3.25. The Bertz CT molecular complexity index is 1130. The van der Waals surface area contributed by atoms with E-state index in [0.29, 0.717) is 44.6 Å². The predicted octanol–water partition coefficient (Wildman–Crippen LogP) is 3.10. The number of fused-ring (bicyclic) bond motifs is 1. The highest BCUT2D eigenvalue weighted by Gasteiger charge is 2.45. The minimum atomic E-state index is -1.17. The predicted molar refractivity (Wildman–Crippen MR) is 118 cm³/mol. The van der Waals surface area contributed by atoms with Crippen LogP contribution in [0.4, 0.5) is 0 Å². The summed E-state index contributed by atoms with van der Waals surface area (Å²) in [6, 6.07) is 17.8. The van der Waals surface area contributed by atoms with Crippen molar-refractivity contribution in [2.24, 2.45) is 0 Å². The van der Waals surface area contributed by atoms with Gasteiger partial charge in [-0.1, -0.05) is 24.3 Å². The molecule has 1 aromatic heterocycles. The van der Waals surface area contributed by atoms with Crippen molar-refractivity contribution in [3.8, 4) is 11.1 Å². The molecular formula is C25H25N3O3. The monoisotopic (exact) mass is 415 g/mol. The van der Waals surface area contributed by atoms with Gasteiger partial charge >= 0.3 is 0 Å². The molecule has 0 bridgehead atoms. The fraction of sp³-hybridized carbons (Fsp3) is 0.320. The maximum atomic E-state index is 12.9. The van der Waals surface area contributed by atoms with Crippen LogP contribution in [-0.4, -0.2) is 63.5 Å². The number of nitrogens with zero attached hydrogens (tertiary/aromatic N) is 3. The average molecular weight is 415 g/mol. The van der Waals surface area contributed by atoms with Crippen LogP contribution >= 0.6 is 0 Å². The fourth-order valence-electron chi connectivity index (χ4n) is 4.38. The molecule has 2 fully saturated rings. The molecule has 2 aliphatic rings. The second kappa shape index (κ2) is 7.78. The van der Waals surface area contributed by atoms with Crippen LogP contribution in [0.1, 0.15) is 29.6 Å². The average Bonchev–Trinajstić information content (AvgIpc) is 2.81. The van der Waals surface area contributed by atoms with Gasteiger partial charge < -0.3 is 14.9 Å². The first-order valence-corrected chi connectivity index (χ1v) is 10.8. The van der Waals surface area contributed by atoms with Gasteiger partial charge in [0.15, 0.2) is 0 Å². The van der Waals surface area contributed by atoms with Crippen molar-refractivity contribution in [2.45, 2.75) is 24.9 Å². The lowest BCUT2D eigenvalue weighted by molar-refractivity contribution is -0.161. The molecule has 6 nitrogen and oxygen atoms in total. The van der Waals surface area contributed by atoms with Crippen LogP contribution in [-0.2, 0) is 4.79 Å². The number of amides is 2. The maximum Gasteiger partial charge on any atom is 0.254 e. The summed E-state index contributed by atoms with van der Waals surface area (Å²) in [5.74, 6) is -0.204. The second-order valence-corrected chi connectivity index (χ2v) is 8.46. The number of carbonyl (C=O) groups excluding carboxylic acids is 2. The van der Waals surface area contributed by atoms with Gasteiger partial charge in [-0.15, -0.1) is 0 Å².